The molecule has 1 N–H and O–H groups in total. The molecule has 0 radical (unpaired) electrons. The van der Waals surface area contributed by atoms with Gasteiger partial charge in [-0.2, -0.15) is 0 Å². The highest BCUT2D eigenvalue weighted by atomic mass is 19.1. The van der Waals surface area contributed by atoms with Crippen molar-refractivity contribution in [3.05, 3.63) is 54.1 Å². The lowest BCUT2D eigenvalue weighted by Gasteiger charge is -2.09. The largest absolute Gasteiger partial charge is 0.497 e. The van der Waals surface area contributed by atoms with Crippen LogP contribution in [0.2, 0.25) is 0 Å². The topological polar surface area (TPSA) is 34.1 Å². The molecule has 4 heteroatoms. The number of aromatic nitrogens is 1. The number of halogens is 1. The quantitative estimate of drug-likeness (QED) is 0.880. The summed E-state index contributed by atoms with van der Waals surface area (Å²) in [5.74, 6) is 0.355. The summed E-state index contributed by atoms with van der Waals surface area (Å²) in [6, 6.07) is 10.4. The smallest absolute Gasteiger partial charge is 0.146 e. The highest BCUT2D eigenvalue weighted by Gasteiger charge is 2.03. The van der Waals surface area contributed by atoms with Gasteiger partial charge in [0, 0.05) is 30.9 Å². The predicted octanol–water partition coefficient (Wildman–Crippen LogP) is 2.88. The van der Waals surface area contributed by atoms with Gasteiger partial charge in [-0.25, -0.2) is 4.39 Å². The van der Waals surface area contributed by atoms with Gasteiger partial charge in [0.05, 0.1) is 12.8 Å². The summed E-state index contributed by atoms with van der Waals surface area (Å²) in [6.45, 7) is 0.626. The maximum atomic E-state index is 13.5. The molecule has 18 heavy (non-hydrogen) atoms. The Bertz CT molecular complexity index is 502. The van der Waals surface area contributed by atoms with E-state index in [0.717, 1.165) is 12.1 Å². The van der Waals surface area contributed by atoms with Crippen LogP contribution in [0, 0.1) is 5.82 Å². The van der Waals surface area contributed by atoms with E-state index in [1.807, 2.05) is 18.2 Å². The molecule has 0 atom stereocenters. The zero-order chi connectivity index (χ0) is 12.8. The van der Waals surface area contributed by atoms with Gasteiger partial charge in [-0.15, -0.1) is 0 Å². The average Bonchev–Trinajstić information content (AvgIpc) is 2.42. The second kappa shape index (κ2) is 6.00. The Kier molecular flexibility index (Phi) is 4.12. The van der Waals surface area contributed by atoms with Gasteiger partial charge in [0.2, 0.25) is 0 Å². The van der Waals surface area contributed by atoms with E-state index in [2.05, 4.69) is 10.3 Å². The SMILES string of the molecule is COc1ccc(F)c(NCCc2ccccn2)c1. The van der Waals surface area contributed by atoms with E-state index in [4.69, 9.17) is 4.74 Å². The van der Waals surface area contributed by atoms with Crippen molar-refractivity contribution in [2.45, 2.75) is 6.42 Å². The molecule has 1 heterocycles. The molecule has 0 spiro atoms. The first-order valence-corrected chi connectivity index (χ1v) is 5.77. The van der Waals surface area contributed by atoms with Gasteiger partial charge in [-0.1, -0.05) is 6.07 Å². The molecule has 0 aliphatic heterocycles. The molecule has 0 aliphatic rings. The molecule has 94 valence electrons. The number of anilines is 1. The van der Waals surface area contributed by atoms with Crippen LogP contribution in [0.3, 0.4) is 0 Å². The number of nitrogens with one attached hydrogen (secondary N) is 1. The molecular weight excluding hydrogens is 231 g/mol. The molecule has 1 aromatic heterocycles. The van der Waals surface area contributed by atoms with Gasteiger partial charge in [-0.3, -0.25) is 4.98 Å². The molecule has 0 bridgehead atoms. The molecule has 2 aromatic rings. The zero-order valence-electron chi connectivity index (χ0n) is 10.2. The van der Waals surface area contributed by atoms with Crippen LogP contribution in [0.4, 0.5) is 10.1 Å². The van der Waals surface area contributed by atoms with Crippen molar-refractivity contribution in [2.24, 2.45) is 0 Å². The van der Waals surface area contributed by atoms with E-state index in [1.54, 1.807) is 25.4 Å². The van der Waals surface area contributed by atoms with Crippen molar-refractivity contribution in [2.75, 3.05) is 19.0 Å². The first-order valence-electron chi connectivity index (χ1n) is 5.77. The standard InChI is InChI=1S/C14H15FN2O/c1-18-12-5-6-13(15)14(10-12)17-9-7-11-4-2-3-8-16-11/h2-6,8,10,17H,7,9H2,1H3. The number of nitrogens with zero attached hydrogens (tertiary/aromatic N) is 1. The van der Waals surface area contributed by atoms with E-state index in [0.29, 0.717) is 18.0 Å². The number of pyridine rings is 1. The van der Waals surface area contributed by atoms with Gasteiger partial charge >= 0.3 is 0 Å². The van der Waals surface area contributed by atoms with Gasteiger partial charge in [0.1, 0.15) is 11.6 Å². The van der Waals surface area contributed by atoms with E-state index < -0.39 is 0 Å². The van der Waals surface area contributed by atoms with E-state index in [1.165, 1.54) is 6.07 Å². The summed E-state index contributed by atoms with van der Waals surface area (Å²) in [6.07, 6.45) is 2.50. The lowest BCUT2D eigenvalue weighted by molar-refractivity contribution is 0.414. The van der Waals surface area contributed by atoms with Gasteiger partial charge in [0.25, 0.3) is 0 Å². The van der Waals surface area contributed by atoms with Crippen LogP contribution in [-0.2, 0) is 6.42 Å². The number of benzene rings is 1. The first-order chi connectivity index (χ1) is 8.79. The molecule has 0 fully saturated rings. The maximum Gasteiger partial charge on any atom is 0.146 e. The molecule has 3 nitrogen and oxygen atoms in total. The van der Waals surface area contributed by atoms with Crippen LogP contribution in [-0.4, -0.2) is 18.6 Å². The first kappa shape index (κ1) is 12.4. The summed E-state index contributed by atoms with van der Waals surface area (Å²) >= 11 is 0. The summed E-state index contributed by atoms with van der Waals surface area (Å²) in [5.41, 5.74) is 1.43. The molecule has 2 rings (SSSR count). The number of ether oxygens (including phenoxy) is 1. The second-order valence-corrected chi connectivity index (χ2v) is 3.84. The Balaban J connectivity index is 1.94. The Hall–Kier alpha value is -2.10. The van der Waals surface area contributed by atoms with E-state index in [9.17, 15) is 4.39 Å². The van der Waals surface area contributed by atoms with Gasteiger partial charge in [-0.05, 0) is 24.3 Å². The molecular formula is C14H15FN2O. The summed E-state index contributed by atoms with van der Waals surface area (Å²) in [5, 5.41) is 3.04. The third kappa shape index (κ3) is 3.20. The van der Waals surface area contributed by atoms with Crippen LogP contribution in [0.25, 0.3) is 0 Å². The van der Waals surface area contributed by atoms with Crippen molar-refractivity contribution in [3.8, 4) is 5.75 Å². The minimum Gasteiger partial charge on any atom is -0.497 e. The zero-order valence-corrected chi connectivity index (χ0v) is 10.2. The molecule has 0 saturated carbocycles. The average molecular weight is 246 g/mol. The summed E-state index contributed by atoms with van der Waals surface area (Å²) in [7, 11) is 1.56. The van der Waals surface area contributed by atoms with Crippen molar-refractivity contribution in [3.63, 3.8) is 0 Å². The summed E-state index contributed by atoms with van der Waals surface area (Å²) in [4.78, 5) is 4.21. The third-order valence-corrected chi connectivity index (χ3v) is 2.60. The fourth-order valence-electron chi connectivity index (χ4n) is 1.64. The number of hydrogen-bond acceptors (Lipinski definition) is 3. The van der Waals surface area contributed by atoms with E-state index >= 15 is 0 Å². The van der Waals surface area contributed by atoms with Crippen molar-refractivity contribution < 1.29 is 9.13 Å². The van der Waals surface area contributed by atoms with Crippen molar-refractivity contribution >= 4 is 5.69 Å². The van der Waals surface area contributed by atoms with Crippen LogP contribution in [0.5, 0.6) is 5.75 Å². The third-order valence-electron chi connectivity index (χ3n) is 2.60. The highest BCUT2D eigenvalue weighted by molar-refractivity contribution is 5.49. The normalized spacial score (nSPS) is 10.1. The summed E-state index contributed by atoms with van der Waals surface area (Å²) < 4.78 is 18.6. The van der Waals surface area contributed by atoms with Crippen molar-refractivity contribution in [1.82, 2.24) is 4.98 Å². The van der Waals surface area contributed by atoms with Crippen LogP contribution in [0.15, 0.2) is 42.6 Å². The lowest BCUT2D eigenvalue weighted by atomic mass is 10.2. The minimum absolute atomic E-state index is 0.281. The minimum atomic E-state index is -0.281. The monoisotopic (exact) mass is 246 g/mol. The van der Waals surface area contributed by atoms with Crippen LogP contribution < -0.4 is 10.1 Å². The van der Waals surface area contributed by atoms with Crippen molar-refractivity contribution in [1.29, 1.82) is 0 Å². The Morgan fingerprint density at radius 3 is 2.89 bits per heavy atom. The molecule has 0 amide bonds. The fourth-order valence-corrected chi connectivity index (χ4v) is 1.64. The maximum absolute atomic E-state index is 13.5. The molecule has 1 aromatic carbocycles. The second-order valence-electron chi connectivity index (χ2n) is 3.84. The Morgan fingerprint density at radius 1 is 1.28 bits per heavy atom. The predicted molar refractivity (Wildman–Crippen MR) is 69.4 cm³/mol. The van der Waals surface area contributed by atoms with Gasteiger partial charge in [0.15, 0.2) is 0 Å². The lowest BCUT2D eigenvalue weighted by Crippen LogP contribution is -2.07. The van der Waals surface area contributed by atoms with Crippen LogP contribution in [0.1, 0.15) is 5.69 Å². The van der Waals surface area contributed by atoms with Gasteiger partial charge < -0.3 is 10.1 Å². The molecule has 0 saturated heterocycles. The van der Waals surface area contributed by atoms with E-state index in [-0.39, 0.29) is 5.82 Å². The molecule has 0 unspecified atom stereocenters. The Morgan fingerprint density at radius 2 is 2.17 bits per heavy atom. The number of methoxy groups -OCH3 is 1. The number of rotatable bonds is 5. The number of hydrogen-bond donors (Lipinski definition) is 1. The molecule has 0 aliphatic carbocycles. The fraction of sp³-hybridized carbons (Fsp3) is 0.214. The Labute approximate surface area is 106 Å². The highest BCUT2D eigenvalue weighted by Crippen LogP contribution is 2.20. The van der Waals surface area contributed by atoms with Crippen LogP contribution >= 0.6 is 0 Å².